The number of fused-ring (bicyclic) bond motifs is 2. The molecule has 12 amide bonds. The molecule has 1 spiro atoms. The first-order valence-corrected chi connectivity index (χ1v) is 38.3. The Morgan fingerprint density at radius 1 is 0.608 bits per heavy atom. The van der Waals surface area contributed by atoms with E-state index in [2.05, 4.69) is 16.0 Å². The van der Waals surface area contributed by atoms with Gasteiger partial charge in [0.1, 0.15) is 59.9 Å². The van der Waals surface area contributed by atoms with Gasteiger partial charge in [0.15, 0.2) is 0 Å². The SMILES string of the molecule is CC[C@H](C)[C@@H]1NC(=O)[C@H](CC(C)C)N(C)C(=O)C[C@@H](C(=O)N2CCCCC2)N(C)C(=O)[C@H](COC2CC2)N(C)C(=O)C2(CCCC2)NC(=O)[C@@H]2CCCN2C(=O)[C@H](CCC2CCC(C(F)(F)F)C(Cl)C2)NC(=O)CN(C)C(=O)[C@H](CC2CCCCC2)N(C)C(=O)[C@@H]2CCN2C(=O)[C@H](C)N(C)C1=O. The van der Waals surface area contributed by atoms with E-state index in [9.17, 15) is 37.1 Å². The lowest BCUT2D eigenvalue weighted by molar-refractivity contribution is -0.182. The number of hydrogen-bond donors (Lipinski definition) is 3. The molecule has 4 saturated carbocycles. The van der Waals surface area contributed by atoms with Crippen molar-refractivity contribution in [3.63, 3.8) is 0 Å². The number of piperidine rings is 1. The predicted octanol–water partition coefficient (Wildman–Crippen LogP) is 5.61. The highest BCUT2D eigenvalue weighted by molar-refractivity contribution is 6.21. The van der Waals surface area contributed by atoms with Gasteiger partial charge in [-0.15, -0.1) is 11.6 Å². The molecule has 0 bridgehead atoms. The molecule has 3 N–H and O–H groups in total. The zero-order chi connectivity index (χ0) is 74.8. The van der Waals surface area contributed by atoms with E-state index in [1.54, 1.807) is 11.8 Å². The van der Waals surface area contributed by atoms with Crippen LogP contribution in [0.15, 0.2) is 0 Å². The van der Waals surface area contributed by atoms with Crippen molar-refractivity contribution in [3.05, 3.63) is 0 Å². The molecule has 0 aromatic carbocycles. The fourth-order valence-electron chi connectivity index (χ4n) is 16.4. The highest BCUT2D eigenvalue weighted by atomic mass is 35.5. The Kier molecular flexibility index (Phi) is 28.4. The third kappa shape index (κ3) is 19.6. The number of likely N-dealkylation sites (tertiary alicyclic amines) is 1. The Balaban J connectivity index is 1.16. The first-order chi connectivity index (χ1) is 48.2. The second kappa shape index (κ2) is 35.6. The lowest BCUT2D eigenvalue weighted by Crippen LogP contribution is -2.65. The summed E-state index contributed by atoms with van der Waals surface area (Å²) in [7, 11) is 8.62. The number of hydrogen-bond acceptors (Lipinski definition) is 13. The van der Waals surface area contributed by atoms with Crippen molar-refractivity contribution in [2.45, 2.75) is 279 Å². The van der Waals surface area contributed by atoms with E-state index in [1.807, 2.05) is 20.8 Å². The highest BCUT2D eigenvalue weighted by Crippen LogP contribution is 2.44. The van der Waals surface area contributed by atoms with Crippen molar-refractivity contribution in [2.24, 2.45) is 29.6 Å². The standard InChI is InChI=1S/C73H116ClF3N12O13/c1-12-45(4)61-70(100)82(7)46(5)64(94)89-37-31-54(89)67(97)84(9)56(40-47-22-15-13-16-23-47)66(96)81(6)42-59(90)78-52(30-26-48-25-29-50(51(74)39-48)73(75,76)77)65(95)88-36-21-24-53(88)63(93)80-72(32-17-18-33-72)71(101)86(11)58(43-102-49-27-28-49)68(98)85(10)57(69(99)87-34-19-14-20-35-87)41-60(91)83(8)55(38-44(2)3)62(92)79-61/h44-58,61H,12-43H2,1-11H3,(H,78,90)(H,79,92)(H,80,93)/t45-,46-,48?,50?,51?,52-,53-,54-,55-,56-,57-,58-,61-/m0/s1. The first kappa shape index (κ1) is 81.4. The number of nitrogens with one attached hydrogen (secondary N) is 3. The summed E-state index contributed by atoms with van der Waals surface area (Å²) in [6.07, 6.45) is 5.57. The maximum atomic E-state index is 15.6. The van der Waals surface area contributed by atoms with Crippen LogP contribution in [0.25, 0.3) is 0 Å². The number of rotatable bonds is 13. The second-order valence-electron chi connectivity index (χ2n) is 31.4. The maximum absolute atomic E-state index is 15.6. The monoisotopic (exact) mass is 1460 g/mol. The number of carbonyl (C=O) groups is 12. The number of carbonyl (C=O) groups excluding carboxylic acids is 12. The minimum Gasteiger partial charge on any atom is -0.376 e. The van der Waals surface area contributed by atoms with E-state index >= 15 is 33.6 Å². The van der Waals surface area contributed by atoms with Crippen molar-refractivity contribution in [1.82, 2.24) is 60.0 Å². The lowest BCUT2D eigenvalue weighted by atomic mass is 9.78. The summed E-state index contributed by atoms with van der Waals surface area (Å²) in [6.45, 7) is 8.93. The molecule has 574 valence electrons. The first-order valence-electron chi connectivity index (χ1n) is 37.9. The van der Waals surface area contributed by atoms with Crippen molar-refractivity contribution < 1.29 is 75.4 Å². The van der Waals surface area contributed by atoms with E-state index in [1.165, 1.54) is 88.4 Å². The number of ether oxygens (including phenoxy) is 1. The van der Waals surface area contributed by atoms with Gasteiger partial charge in [0.05, 0.1) is 31.6 Å². The molecule has 0 aromatic heterocycles. The summed E-state index contributed by atoms with van der Waals surface area (Å²) in [4.78, 5) is 192. The minimum absolute atomic E-state index is 0.00303. The van der Waals surface area contributed by atoms with Crippen LogP contribution in [-0.4, -0.2) is 274 Å². The summed E-state index contributed by atoms with van der Waals surface area (Å²) < 4.78 is 48.3. The molecular formula is C73H116ClF3N12O13. The van der Waals surface area contributed by atoms with Gasteiger partial charge >= 0.3 is 6.18 Å². The molecule has 4 aliphatic heterocycles. The largest absolute Gasteiger partial charge is 0.393 e. The zero-order valence-electron chi connectivity index (χ0n) is 62.2. The summed E-state index contributed by atoms with van der Waals surface area (Å²) in [5.41, 5.74) is -1.60. The van der Waals surface area contributed by atoms with Gasteiger partial charge in [0.2, 0.25) is 70.9 Å². The number of nitrogens with zero attached hydrogens (tertiary/aromatic N) is 9. The van der Waals surface area contributed by atoms with Crippen molar-refractivity contribution in [1.29, 1.82) is 0 Å². The Morgan fingerprint density at radius 3 is 1.85 bits per heavy atom. The van der Waals surface area contributed by atoms with Crippen LogP contribution in [0.4, 0.5) is 13.2 Å². The molecule has 25 nitrogen and oxygen atoms in total. The molecule has 0 radical (unpaired) electrons. The predicted molar refractivity (Wildman–Crippen MR) is 374 cm³/mol. The molecule has 4 heterocycles. The summed E-state index contributed by atoms with van der Waals surface area (Å²) >= 11 is 6.41. The minimum atomic E-state index is -4.51. The number of halogens is 4. The molecule has 8 rings (SSSR count). The van der Waals surface area contributed by atoms with Crippen molar-refractivity contribution >= 4 is 82.5 Å². The van der Waals surface area contributed by atoms with E-state index < -0.39 is 167 Å². The molecule has 0 aromatic rings. The normalized spacial score (nSPS) is 31.3. The smallest absolute Gasteiger partial charge is 0.376 e. The van der Waals surface area contributed by atoms with Gasteiger partial charge in [-0.3, -0.25) is 57.5 Å². The molecule has 13 atom stereocenters. The molecule has 102 heavy (non-hydrogen) atoms. The fourth-order valence-corrected chi connectivity index (χ4v) is 17.0. The van der Waals surface area contributed by atoms with Gasteiger partial charge in [-0.25, -0.2) is 0 Å². The van der Waals surface area contributed by atoms with E-state index in [0.717, 1.165) is 38.5 Å². The highest BCUT2D eigenvalue weighted by Gasteiger charge is 2.52. The fraction of sp³-hybridized carbons (Fsp3) is 0.836. The van der Waals surface area contributed by atoms with Crippen LogP contribution in [0.2, 0.25) is 0 Å². The maximum Gasteiger partial charge on any atom is 0.393 e. The second-order valence-corrected chi connectivity index (χ2v) is 32.0. The third-order valence-electron chi connectivity index (χ3n) is 23.7. The van der Waals surface area contributed by atoms with Gasteiger partial charge in [0.25, 0.3) is 0 Å². The summed E-state index contributed by atoms with van der Waals surface area (Å²) in [5.74, 6) is -10.3. The van der Waals surface area contributed by atoms with Crippen LogP contribution < -0.4 is 16.0 Å². The number of likely N-dealkylation sites (N-methyl/N-ethyl adjacent to an activating group) is 6. The van der Waals surface area contributed by atoms with E-state index in [4.69, 9.17) is 16.3 Å². The molecule has 8 fully saturated rings. The van der Waals surface area contributed by atoms with Crippen molar-refractivity contribution in [3.8, 4) is 0 Å². The van der Waals surface area contributed by atoms with Gasteiger partial charge < -0.3 is 64.8 Å². The van der Waals surface area contributed by atoms with Crippen LogP contribution in [0.1, 0.15) is 202 Å². The Hall–Kier alpha value is -6.32. The molecule has 4 saturated heterocycles. The topological polar surface area (TPSA) is 279 Å². The zero-order valence-corrected chi connectivity index (χ0v) is 63.0. The van der Waals surface area contributed by atoms with Crippen LogP contribution in [0, 0.1) is 29.6 Å². The summed E-state index contributed by atoms with van der Waals surface area (Å²) in [5, 5.41) is 7.61. The van der Waals surface area contributed by atoms with Gasteiger partial charge in [-0.2, -0.15) is 13.2 Å². The molecule has 3 unspecified atom stereocenters. The van der Waals surface area contributed by atoms with Crippen LogP contribution in [0.5, 0.6) is 0 Å². The van der Waals surface area contributed by atoms with E-state index in [0.29, 0.717) is 64.5 Å². The van der Waals surface area contributed by atoms with Gasteiger partial charge in [-0.05, 0) is 140 Å². The Morgan fingerprint density at radius 2 is 1.25 bits per heavy atom. The van der Waals surface area contributed by atoms with E-state index in [-0.39, 0.29) is 114 Å². The average molecular weight is 1460 g/mol. The molecule has 4 aliphatic carbocycles. The number of alkyl halides is 4. The average Bonchev–Trinajstić information content (AvgIpc) is 1.07. The Bertz CT molecular complexity index is 3020. The van der Waals surface area contributed by atoms with Crippen LogP contribution >= 0.6 is 11.6 Å². The van der Waals surface area contributed by atoms with Crippen molar-refractivity contribution in [2.75, 3.05) is 81.6 Å². The molecule has 8 aliphatic rings. The van der Waals surface area contributed by atoms with Gasteiger partial charge in [0, 0.05) is 73.8 Å². The quantitative estimate of drug-likeness (QED) is 0.189. The summed E-state index contributed by atoms with van der Waals surface area (Å²) in [6, 6.07) is -11.0. The number of amides is 12. The molecule has 29 heteroatoms. The Labute approximate surface area is 605 Å². The van der Waals surface area contributed by atoms with Crippen LogP contribution in [-0.2, 0) is 62.3 Å². The van der Waals surface area contributed by atoms with Gasteiger partial charge in [-0.1, -0.05) is 79.1 Å². The lowest BCUT2D eigenvalue weighted by Gasteiger charge is -2.45. The molecular weight excluding hydrogens is 1350 g/mol. The van der Waals surface area contributed by atoms with Crippen LogP contribution in [0.3, 0.4) is 0 Å². The third-order valence-corrected chi connectivity index (χ3v) is 24.2.